The molecule has 0 aromatic carbocycles. The van der Waals surface area contributed by atoms with Crippen LogP contribution in [0.2, 0.25) is 0 Å². The van der Waals surface area contributed by atoms with E-state index < -0.39 is 0 Å². The molecule has 0 spiro atoms. The molecule has 0 saturated heterocycles. The first-order valence-corrected chi connectivity index (χ1v) is 5.08. The maximum Gasteiger partial charge on any atom is 0.322 e. The zero-order valence-corrected chi connectivity index (χ0v) is 9.53. The largest absolute Gasteiger partial charge is 0.461 e. The van der Waals surface area contributed by atoms with Crippen LogP contribution in [-0.2, 0) is 0 Å². The van der Waals surface area contributed by atoms with E-state index in [1.54, 1.807) is 12.4 Å². The van der Waals surface area contributed by atoms with Gasteiger partial charge < -0.3 is 10.5 Å². The minimum Gasteiger partial charge on any atom is -0.461 e. The molecule has 88 valence electrons. The van der Waals surface area contributed by atoms with Gasteiger partial charge in [-0.25, -0.2) is 9.97 Å². The number of ether oxygens (including phenoxy) is 1. The second-order valence-corrected chi connectivity index (χ2v) is 3.59. The van der Waals surface area contributed by atoms with Gasteiger partial charge in [0.2, 0.25) is 5.95 Å². The van der Waals surface area contributed by atoms with Gasteiger partial charge in [0.05, 0.1) is 11.7 Å². The van der Waals surface area contributed by atoms with Crippen molar-refractivity contribution in [3.8, 4) is 17.4 Å². The first kappa shape index (κ1) is 11.2. The summed E-state index contributed by atoms with van der Waals surface area (Å²) >= 11 is 0. The number of hydrogen-bond acceptors (Lipinski definition) is 7. The Morgan fingerprint density at radius 1 is 1.12 bits per heavy atom. The maximum atomic E-state index is 5.59. The maximum absolute atomic E-state index is 5.59. The van der Waals surface area contributed by atoms with Crippen molar-refractivity contribution in [2.75, 3.05) is 5.73 Å². The third-order valence-electron chi connectivity index (χ3n) is 1.79. The third-order valence-corrected chi connectivity index (χ3v) is 1.79. The van der Waals surface area contributed by atoms with Gasteiger partial charge in [0, 0.05) is 12.4 Å². The molecule has 0 amide bonds. The molecule has 2 rings (SSSR count). The van der Waals surface area contributed by atoms with Gasteiger partial charge in [-0.15, -0.1) is 0 Å². The van der Waals surface area contributed by atoms with Crippen molar-refractivity contribution in [2.24, 2.45) is 0 Å². The highest BCUT2D eigenvalue weighted by Crippen LogP contribution is 2.16. The average Bonchev–Trinajstić information content (AvgIpc) is 2.28. The van der Waals surface area contributed by atoms with E-state index in [9.17, 15) is 0 Å². The van der Waals surface area contributed by atoms with Crippen molar-refractivity contribution in [3.63, 3.8) is 0 Å². The van der Waals surface area contributed by atoms with Gasteiger partial charge in [0.25, 0.3) is 0 Å². The number of nitrogens with two attached hydrogens (primary N) is 1. The topological polar surface area (TPSA) is 99.7 Å². The molecule has 0 radical (unpaired) electrons. The van der Waals surface area contributed by atoms with Crippen molar-refractivity contribution < 1.29 is 4.74 Å². The highest BCUT2D eigenvalue weighted by Gasteiger charge is 2.09. The normalized spacial score (nSPS) is 10.5. The van der Waals surface area contributed by atoms with Crippen molar-refractivity contribution in [3.05, 3.63) is 18.7 Å². The Hall–Kier alpha value is -2.31. The molecule has 17 heavy (non-hydrogen) atoms. The van der Waals surface area contributed by atoms with Crippen LogP contribution in [0.25, 0.3) is 11.4 Å². The quantitative estimate of drug-likeness (QED) is 0.831. The molecule has 2 heterocycles. The summed E-state index contributed by atoms with van der Waals surface area (Å²) in [4.78, 5) is 19.8. The molecule has 0 unspecified atom stereocenters. The highest BCUT2D eigenvalue weighted by molar-refractivity contribution is 5.53. The molecule has 2 N–H and O–H groups in total. The van der Waals surface area contributed by atoms with E-state index in [-0.39, 0.29) is 18.1 Å². The van der Waals surface area contributed by atoms with Crippen LogP contribution in [0.3, 0.4) is 0 Å². The Labute approximate surface area is 98.1 Å². The summed E-state index contributed by atoms with van der Waals surface area (Å²) in [6, 6.07) is 0.200. The average molecular weight is 232 g/mol. The van der Waals surface area contributed by atoms with E-state index in [4.69, 9.17) is 10.5 Å². The molecule has 0 bridgehead atoms. The van der Waals surface area contributed by atoms with Crippen LogP contribution in [-0.4, -0.2) is 31.0 Å². The fourth-order valence-corrected chi connectivity index (χ4v) is 1.18. The Morgan fingerprint density at radius 3 is 2.47 bits per heavy atom. The van der Waals surface area contributed by atoms with Gasteiger partial charge in [0.15, 0.2) is 5.82 Å². The SMILES string of the molecule is CC(C)Oc1nc(N)nc(-c2cncnc2)n1. The molecule has 7 nitrogen and oxygen atoms in total. The summed E-state index contributed by atoms with van der Waals surface area (Å²) in [6.07, 6.45) is 4.60. The smallest absolute Gasteiger partial charge is 0.322 e. The summed E-state index contributed by atoms with van der Waals surface area (Å²) < 4.78 is 5.37. The van der Waals surface area contributed by atoms with E-state index in [1.807, 2.05) is 13.8 Å². The highest BCUT2D eigenvalue weighted by atomic mass is 16.5. The standard InChI is InChI=1S/C10H12N6O/c1-6(2)17-10-15-8(14-9(11)16-10)7-3-12-5-13-4-7/h3-6H,1-2H3,(H2,11,14,15,16). The van der Waals surface area contributed by atoms with Gasteiger partial charge in [-0.2, -0.15) is 15.0 Å². The Morgan fingerprint density at radius 2 is 1.82 bits per heavy atom. The van der Waals surface area contributed by atoms with Crippen LogP contribution in [0.15, 0.2) is 18.7 Å². The lowest BCUT2D eigenvalue weighted by molar-refractivity contribution is 0.222. The van der Waals surface area contributed by atoms with Crippen LogP contribution in [0, 0.1) is 0 Å². The first-order chi connectivity index (χ1) is 8.15. The van der Waals surface area contributed by atoms with Crippen LogP contribution in [0.1, 0.15) is 13.8 Å². The van der Waals surface area contributed by atoms with E-state index >= 15 is 0 Å². The molecule has 2 aromatic heterocycles. The Bertz CT molecular complexity index is 501. The second-order valence-electron chi connectivity index (χ2n) is 3.59. The van der Waals surface area contributed by atoms with Crippen molar-refractivity contribution >= 4 is 5.95 Å². The van der Waals surface area contributed by atoms with Gasteiger partial charge in [-0.1, -0.05) is 0 Å². The Kier molecular flexibility index (Phi) is 3.08. The molecule has 0 aliphatic carbocycles. The predicted molar refractivity (Wildman–Crippen MR) is 61.0 cm³/mol. The number of rotatable bonds is 3. The van der Waals surface area contributed by atoms with Crippen molar-refractivity contribution in [1.29, 1.82) is 0 Å². The van der Waals surface area contributed by atoms with Gasteiger partial charge in [-0.05, 0) is 13.8 Å². The second kappa shape index (κ2) is 4.69. The van der Waals surface area contributed by atoms with Crippen LogP contribution >= 0.6 is 0 Å². The lowest BCUT2D eigenvalue weighted by Gasteiger charge is -2.08. The minimum absolute atomic E-state index is 0.0309. The van der Waals surface area contributed by atoms with Gasteiger partial charge in [-0.3, -0.25) is 0 Å². The summed E-state index contributed by atoms with van der Waals surface area (Å²) in [5, 5.41) is 0. The molecule has 2 aromatic rings. The number of anilines is 1. The molecule has 0 aliphatic rings. The van der Waals surface area contributed by atoms with Gasteiger partial charge >= 0.3 is 6.01 Å². The zero-order chi connectivity index (χ0) is 12.3. The molecule has 0 fully saturated rings. The van der Waals surface area contributed by atoms with Crippen LogP contribution < -0.4 is 10.5 Å². The number of aromatic nitrogens is 5. The first-order valence-electron chi connectivity index (χ1n) is 5.08. The monoisotopic (exact) mass is 232 g/mol. The van der Waals surface area contributed by atoms with Crippen molar-refractivity contribution in [1.82, 2.24) is 24.9 Å². The summed E-state index contributed by atoms with van der Waals surface area (Å²) in [5.41, 5.74) is 6.25. The minimum atomic E-state index is -0.0309. The number of nitrogens with zero attached hydrogens (tertiary/aromatic N) is 5. The fraction of sp³-hybridized carbons (Fsp3) is 0.300. The number of hydrogen-bond donors (Lipinski definition) is 1. The summed E-state index contributed by atoms with van der Waals surface area (Å²) in [5.74, 6) is 0.503. The lowest BCUT2D eigenvalue weighted by atomic mass is 10.3. The Balaban J connectivity index is 2.38. The van der Waals surface area contributed by atoms with Crippen LogP contribution in [0.5, 0.6) is 6.01 Å². The number of nitrogen functional groups attached to an aromatic ring is 1. The summed E-state index contributed by atoms with van der Waals surface area (Å²) in [7, 11) is 0. The van der Waals surface area contributed by atoms with Crippen LogP contribution in [0.4, 0.5) is 5.95 Å². The molecular formula is C10H12N6O. The molecule has 0 atom stereocenters. The van der Waals surface area contributed by atoms with E-state index in [1.165, 1.54) is 6.33 Å². The lowest BCUT2D eigenvalue weighted by Crippen LogP contribution is -2.11. The fourth-order valence-electron chi connectivity index (χ4n) is 1.18. The molecule has 0 aliphatic heterocycles. The van der Waals surface area contributed by atoms with E-state index in [2.05, 4.69) is 24.9 Å². The van der Waals surface area contributed by atoms with E-state index in [0.29, 0.717) is 11.4 Å². The molecule has 0 saturated carbocycles. The predicted octanol–water partition coefficient (Wildman–Crippen LogP) is 0.698. The van der Waals surface area contributed by atoms with Gasteiger partial charge in [0.1, 0.15) is 6.33 Å². The van der Waals surface area contributed by atoms with Crippen molar-refractivity contribution in [2.45, 2.75) is 20.0 Å². The summed E-state index contributed by atoms with van der Waals surface area (Å²) in [6.45, 7) is 3.76. The third kappa shape index (κ3) is 2.83. The molecular weight excluding hydrogens is 220 g/mol. The van der Waals surface area contributed by atoms with E-state index in [0.717, 1.165) is 0 Å². The zero-order valence-electron chi connectivity index (χ0n) is 9.53. The molecule has 7 heteroatoms.